The van der Waals surface area contributed by atoms with E-state index in [0.717, 1.165) is 5.56 Å². The molecule has 2 aromatic carbocycles. The van der Waals surface area contributed by atoms with E-state index in [4.69, 9.17) is 16.1 Å². The molecule has 5 nitrogen and oxygen atoms in total. The van der Waals surface area contributed by atoms with Gasteiger partial charge in [0.25, 0.3) is 0 Å². The molecule has 1 amide bonds. The molecule has 0 aliphatic carbocycles. The van der Waals surface area contributed by atoms with Gasteiger partial charge in [-0.25, -0.2) is 4.39 Å². The van der Waals surface area contributed by atoms with Gasteiger partial charge in [-0.15, -0.1) is 0 Å². The number of carbonyl (C=O) groups excluding carboxylic acids is 1. The van der Waals surface area contributed by atoms with Crippen molar-refractivity contribution in [3.05, 3.63) is 65.3 Å². The molecule has 1 aromatic heterocycles. The molecule has 3 aromatic rings. The summed E-state index contributed by atoms with van der Waals surface area (Å²) in [7, 11) is 0. The van der Waals surface area contributed by atoms with Gasteiger partial charge in [-0.1, -0.05) is 28.9 Å². The van der Waals surface area contributed by atoms with Gasteiger partial charge in [-0.2, -0.15) is 4.98 Å². The van der Waals surface area contributed by atoms with E-state index in [0.29, 0.717) is 23.3 Å². The molecular formula is C18H13ClFN3O2. The van der Waals surface area contributed by atoms with Crippen molar-refractivity contribution in [2.45, 2.75) is 12.3 Å². The molecule has 4 rings (SSSR count). The number of aromatic nitrogens is 2. The second kappa shape index (κ2) is 6.29. The van der Waals surface area contributed by atoms with Crippen molar-refractivity contribution in [2.75, 3.05) is 11.4 Å². The molecule has 1 aliphatic heterocycles. The van der Waals surface area contributed by atoms with Crippen LogP contribution in [0.25, 0.3) is 11.4 Å². The lowest BCUT2D eigenvalue weighted by atomic mass is 10.1. The Morgan fingerprint density at radius 2 is 1.92 bits per heavy atom. The van der Waals surface area contributed by atoms with Gasteiger partial charge in [-0.05, 0) is 36.4 Å². The van der Waals surface area contributed by atoms with Crippen molar-refractivity contribution >= 4 is 23.2 Å². The first kappa shape index (κ1) is 15.8. The standard InChI is InChI=1S/C18H13ClFN3O2/c19-13-7-5-11(6-8-13)17-21-18(25-22-17)12-9-16(24)23(10-12)15-4-2-1-3-14(15)20/h1-8,12H,9-10H2. The second-order valence-electron chi connectivity index (χ2n) is 5.82. The molecule has 1 atom stereocenters. The highest BCUT2D eigenvalue weighted by Gasteiger charge is 2.36. The van der Waals surface area contributed by atoms with Gasteiger partial charge in [0.2, 0.25) is 17.6 Å². The van der Waals surface area contributed by atoms with Crippen molar-refractivity contribution in [3.8, 4) is 11.4 Å². The topological polar surface area (TPSA) is 59.2 Å². The molecule has 0 saturated carbocycles. The number of nitrogens with zero attached hydrogens (tertiary/aromatic N) is 3. The fourth-order valence-corrected chi connectivity index (χ4v) is 3.02. The summed E-state index contributed by atoms with van der Waals surface area (Å²) in [5, 5.41) is 4.59. The van der Waals surface area contributed by atoms with E-state index >= 15 is 0 Å². The molecule has 1 saturated heterocycles. The van der Waals surface area contributed by atoms with Crippen LogP contribution in [0.2, 0.25) is 5.02 Å². The number of benzene rings is 2. The summed E-state index contributed by atoms with van der Waals surface area (Å²) in [6.07, 6.45) is 0.205. The zero-order valence-electron chi connectivity index (χ0n) is 13.0. The maximum Gasteiger partial charge on any atom is 0.232 e. The van der Waals surface area contributed by atoms with Crippen LogP contribution in [0.4, 0.5) is 10.1 Å². The number of carbonyl (C=O) groups is 1. The molecule has 126 valence electrons. The van der Waals surface area contributed by atoms with E-state index in [1.807, 2.05) is 0 Å². The summed E-state index contributed by atoms with van der Waals surface area (Å²) in [5.41, 5.74) is 1.04. The number of hydrogen-bond acceptors (Lipinski definition) is 4. The number of para-hydroxylation sites is 1. The molecule has 0 N–H and O–H groups in total. The average molecular weight is 358 g/mol. The van der Waals surface area contributed by atoms with E-state index in [2.05, 4.69) is 10.1 Å². The smallest absolute Gasteiger partial charge is 0.232 e. The van der Waals surface area contributed by atoms with Crippen LogP contribution in [-0.2, 0) is 4.79 Å². The summed E-state index contributed by atoms with van der Waals surface area (Å²) in [6, 6.07) is 13.3. The Hall–Kier alpha value is -2.73. The molecule has 0 bridgehead atoms. The highest BCUT2D eigenvalue weighted by molar-refractivity contribution is 6.30. The van der Waals surface area contributed by atoms with Crippen molar-refractivity contribution in [2.24, 2.45) is 0 Å². The number of rotatable bonds is 3. The predicted molar refractivity (Wildman–Crippen MR) is 90.9 cm³/mol. The van der Waals surface area contributed by atoms with Crippen LogP contribution < -0.4 is 4.90 Å². The Kier molecular flexibility index (Phi) is 3.97. The third kappa shape index (κ3) is 3.00. The summed E-state index contributed by atoms with van der Waals surface area (Å²) in [6.45, 7) is 0.308. The van der Waals surface area contributed by atoms with Gasteiger partial charge < -0.3 is 9.42 Å². The Labute approximate surface area is 148 Å². The van der Waals surface area contributed by atoms with Gasteiger partial charge in [0.05, 0.1) is 11.6 Å². The highest BCUT2D eigenvalue weighted by Crippen LogP contribution is 2.33. The minimum Gasteiger partial charge on any atom is -0.339 e. The Balaban J connectivity index is 1.57. The number of halogens is 2. The highest BCUT2D eigenvalue weighted by atomic mass is 35.5. The van der Waals surface area contributed by atoms with Gasteiger partial charge >= 0.3 is 0 Å². The quantitative estimate of drug-likeness (QED) is 0.709. The van der Waals surface area contributed by atoms with Crippen LogP contribution >= 0.6 is 11.6 Å². The summed E-state index contributed by atoms with van der Waals surface area (Å²) < 4.78 is 19.3. The monoisotopic (exact) mass is 357 g/mol. The Morgan fingerprint density at radius 3 is 2.68 bits per heavy atom. The van der Waals surface area contributed by atoms with E-state index in [-0.39, 0.29) is 23.9 Å². The number of anilines is 1. The zero-order valence-corrected chi connectivity index (χ0v) is 13.8. The molecule has 0 spiro atoms. The number of hydrogen-bond donors (Lipinski definition) is 0. The minimum absolute atomic E-state index is 0.165. The second-order valence-corrected chi connectivity index (χ2v) is 6.26. The fraction of sp³-hybridized carbons (Fsp3) is 0.167. The van der Waals surface area contributed by atoms with Crippen molar-refractivity contribution in [1.29, 1.82) is 0 Å². The summed E-state index contributed by atoms with van der Waals surface area (Å²) in [5.74, 6) is -0.0496. The van der Waals surface area contributed by atoms with Crippen molar-refractivity contribution in [3.63, 3.8) is 0 Å². The molecule has 0 radical (unpaired) electrons. The average Bonchev–Trinajstić information content (AvgIpc) is 3.23. The molecule has 7 heteroatoms. The van der Waals surface area contributed by atoms with Gasteiger partial charge in [-0.3, -0.25) is 4.79 Å². The van der Waals surface area contributed by atoms with Crippen LogP contribution in [0.15, 0.2) is 53.1 Å². The SMILES string of the molecule is O=C1CC(c2nc(-c3ccc(Cl)cc3)no2)CN1c1ccccc1F. The molecule has 1 aliphatic rings. The molecular weight excluding hydrogens is 345 g/mol. The van der Waals surface area contributed by atoms with E-state index < -0.39 is 5.82 Å². The van der Waals surface area contributed by atoms with Gasteiger partial charge in [0, 0.05) is 23.6 Å². The first-order chi connectivity index (χ1) is 12.1. The lowest BCUT2D eigenvalue weighted by molar-refractivity contribution is -0.117. The van der Waals surface area contributed by atoms with E-state index in [9.17, 15) is 9.18 Å². The largest absolute Gasteiger partial charge is 0.339 e. The summed E-state index contributed by atoms with van der Waals surface area (Å²) >= 11 is 5.87. The normalized spacial score (nSPS) is 17.3. The van der Waals surface area contributed by atoms with Crippen LogP contribution in [0.3, 0.4) is 0 Å². The van der Waals surface area contributed by atoms with Gasteiger partial charge in [0.1, 0.15) is 5.82 Å². The lowest BCUT2D eigenvalue weighted by Crippen LogP contribution is -2.25. The first-order valence-corrected chi connectivity index (χ1v) is 8.14. The summed E-state index contributed by atoms with van der Waals surface area (Å²) in [4.78, 5) is 18.1. The molecule has 1 unspecified atom stereocenters. The maximum atomic E-state index is 13.9. The Bertz CT molecular complexity index is 926. The number of amides is 1. The zero-order chi connectivity index (χ0) is 17.4. The fourth-order valence-electron chi connectivity index (χ4n) is 2.89. The third-order valence-electron chi connectivity index (χ3n) is 4.16. The Morgan fingerprint density at radius 1 is 1.16 bits per heavy atom. The van der Waals surface area contributed by atoms with Crippen LogP contribution in [-0.4, -0.2) is 22.6 Å². The van der Waals surface area contributed by atoms with Crippen LogP contribution in [0.1, 0.15) is 18.2 Å². The van der Waals surface area contributed by atoms with Gasteiger partial charge in [0.15, 0.2) is 0 Å². The molecule has 2 heterocycles. The minimum atomic E-state index is -0.427. The maximum absolute atomic E-state index is 13.9. The van der Waals surface area contributed by atoms with Crippen LogP contribution in [0, 0.1) is 5.82 Å². The predicted octanol–water partition coefficient (Wildman–Crippen LogP) is 4.05. The third-order valence-corrected chi connectivity index (χ3v) is 4.41. The van der Waals surface area contributed by atoms with E-state index in [1.165, 1.54) is 11.0 Å². The molecule has 1 fully saturated rings. The first-order valence-electron chi connectivity index (χ1n) is 7.76. The lowest BCUT2D eigenvalue weighted by Gasteiger charge is -2.16. The van der Waals surface area contributed by atoms with Crippen molar-refractivity contribution in [1.82, 2.24) is 10.1 Å². The van der Waals surface area contributed by atoms with E-state index in [1.54, 1.807) is 42.5 Å². The molecule has 25 heavy (non-hydrogen) atoms. The van der Waals surface area contributed by atoms with Crippen molar-refractivity contribution < 1.29 is 13.7 Å². The van der Waals surface area contributed by atoms with Crippen LogP contribution in [0.5, 0.6) is 0 Å².